The Morgan fingerprint density at radius 1 is 0.923 bits per heavy atom. The summed E-state index contributed by atoms with van der Waals surface area (Å²) in [4.78, 5) is 18.8. The number of benzene rings is 2. The molecule has 0 bridgehead atoms. The van der Waals surface area contributed by atoms with Gasteiger partial charge in [0, 0.05) is 24.2 Å². The number of hydrogen-bond acceptors (Lipinski definition) is 4. The van der Waals surface area contributed by atoms with Crippen LogP contribution in [-0.2, 0) is 6.42 Å². The van der Waals surface area contributed by atoms with E-state index in [2.05, 4.69) is 41.4 Å². The van der Waals surface area contributed by atoms with Gasteiger partial charge in [-0.1, -0.05) is 36.4 Å². The highest BCUT2D eigenvalue weighted by atomic mass is 16.2. The lowest BCUT2D eigenvalue weighted by Gasteiger charge is -2.15. The number of amidine groups is 1. The van der Waals surface area contributed by atoms with Crippen molar-refractivity contribution in [2.75, 3.05) is 26.2 Å². The van der Waals surface area contributed by atoms with Crippen LogP contribution in [0.4, 0.5) is 0 Å². The molecule has 4 rings (SSSR count). The van der Waals surface area contributed by atoms with Crippen molar-refractivity contribution in [1.29, 1.82) is 0 Å². The Balaban J connectivity index is 1.41. The molecule has 2 N–H and O–H groups in total. The van der Waals surface area contributed by atoms with Crippen LogP contribution in [0.3, 0.4) is 0 Å². The zero-order chi connectivity index (χ0) is 17.9. The Labute approximate surface area is 154 Å². The molecule has 2 aromatic carbocycles. The highest BCUT2D eigenvalue weighted by Gasteiger charge is 2.19. The maximum atomic E-state index is 12.4. The van der Waals surface area contributed by atoms with Crippen molar-refractivity contribution in [3.8, 4) is 0 Å². The molecular formula is C21H24N4O. The van der Waals surface area contributed by atoms with Gasteiger partial charge < -0.3 is 4.90 Å². The van der Waals surface area contributed by atoms with Crippen molar-refractivity contribution >= 4 is 11.7 Å². The van der Waals surface area contributed by atoms with Gasteiger partial charge in [-0.2, -0.15) is 0 Å². The smallest absolute Gasteiger partial charge is 0.253 e. The monoisotopic (exact) mass is 348 g/mol. The van der Waals surface area contributed by atoms with E-state index < -0.39 is 0 Å². The number of nitrogens with two attached hydrogens (primary N) is 1. The molecule has 1 amide bonds. The van der Waals surface area contributed by atoms with Crippen molar-refractivity contribution in [2.45, 2.75) is 19.3 Å². The minimum absolute atomic E-state index is 0.155. The zero-order valence-electron chi connectivity index (χ0n) is 14.9. The van der Waals surface area contributed by atoms with Gasteiger partial charge in [-0.15, -0.1) is 0 Å². The summed E-state index contributed by atoms with van der Waals surface area (Å²) in [5.41, 5.74) is 4.28. The molecule has 5 heteroatoms. The lowest BCUT2D eigenvalue weighted by molar-refractivity contribution is 0.0793. The first-order valence-corrected chi connectivity index (χ1v) is 9.25. The predicted molar refractivity (Wildman–Crippen MR) is 103 cm³/mol. The largest absolute Gasteiger partial charge is 0.339 e. The third-order valence-electron chi connectivity index (χ3n) is 5.09. The maximum Gasteiger partial charge on any atom is 0.253 e. The summed E-state index contributed by atoms with van der Waals surface area (Å²) in [6.07, 6.45) is 3.08. The minimum atomic E-state index is 0.155. The average molecular weight is 348 g/mol. The molecule has 2 aliphatic heterocycles. The summed E-state index contributed by atoms with van der Waals surface area (Å²) in [6.45, 7) is 3.31. The molecule has 2 aromatic rings. The van der Waals surface area contributed by atoms with Crippen molar-refractivity contribution in [3.05, 3.63) is 70.8 Å². The second-order valence-electron chi connectivity index (χ2n) is 6.97. The van der Waals surface area contributed by atoms with Crippen LogP contribution in [-0.4, -0.2) is 47.8 Å². The standard InChI is InChI=1S/C21H24N4O/c22-25-14-11-23-20(25)18-7-3-16(4-8-18)15-17-5-9-19(10-6-17)21(26)24-12-1-2-13-24/h3-10H,1-2,11-15,22H2. The van der Waals surface area contributed by atoms with Crippen molar-refractivity contribution in [2.24, 2.45) is 10.8 Å². The van der Waals surface area contributed by atoms with Crippen LogP contribution < -0.4 is 5.84 Å². The average Bonchev–Trinajstić information content (AvgIpc) is 3.34. The summed E-state index contributed by atoms with van der Waals surface area (Å²) in [5, 5.41) is 1.70. The summed E-state index contributed by atoms with van der Waals surface area (Å²) >= 11 is 0. The van der Waals surface area contributed by atoms with Gasteiger partial charge in [-0.05, 0) is 42.5 Å². The van der Waals surface area contributed by atoms with E-state index in [1.165, 1.54) is 11.1 Å². The second-order valence-corrected chi connectivity index (χ2v) is 6.97. The highest BCUT2D eigenvalue weighted by molar-refractivity contribution is 5.99. The zero-order valence-corrected chi connectivity index (χ0v) is 14.9. The van der Waals surface area contributed by atoms with E-state index in [-0.39, 0.29) is 5.91 Å². The van der Waals surface area contributed by atoms with E-state index in [1.807, 2.05) is 17.0 Å². The second kappa shape index (κ2) is 7.30. The summed E-state index contributed by atoms with van der Waals surface area (Å²) in [7, 11) is 0. The van der Waals surface area contributed by atoms with E-state index in [9.17, 15) is 4.79 Å². The summed E-state index contributed by atoms with van der Waals surface area (Å²) in [5.74, 6) is 6.94. The van der Waals surface area contributed by atoms with Gasteiger partial charge in [0.25, 0.3) is 5.91 Å². The number of rotatable bonds is 4. The molecule has 134 valence electrons. The molecular weight excluding hydrogens is 324 g/mol. The van der Waals surface area contributed by atoms with Gasteiger partial charge in [-0.3, -0.25) is 14.8 Å². The van der Waals surface area contributed by atoms with Crippen LogP contribution in [0.5, 0.6) is 0 Å². The molecule has 0 spiro atoms. The Bertz CT molecular complexity index is 805. The lowest BCUT2D eigenvalue weighted by atomic mass is 10.0. The number of aliphatic imine (C=N–C) groups is 1. The van der Waals surface area contributed by atoms with Crippen LogP contribution >= 0.6 is 0 Å². The number of amides is 1. The van der Waals surface area contributed by atoms with Gasteiger partial charge in [-0.25, -0.2) is 5.84 Å². The fraction of sp³-hybridized carbons (Fsp3) is 0.333. The molecule has 2 aliphatic rings. The number of carbonyl (C=O) groups is 1. The fourth-order valence-electron chi connectivity index (χ4n) is 3.59. The summed E-state index contributed by atoms with van der Waals surface area (Å²) in [6, 6.07) is 16.4. The molecule has 1 fully saturated rings. The number of carbonyl (C=O) groups excluding carboxylic acids is 1. The molecule has 0 aliphatic carbocycles. The van der Waals surface area contributed by atoms with Crippen LogP contribution in [0.1, 0.15) is 39.9 Å². The third kappa shape index (κ3) is 3.48. The van der Waals surface area contributed by atoms with E-state index in [0.29, 0.717) is 0 Å². The number of hydrogen-bond donors (Lipinski definition) is 1. The minimum Gasteiger partial charge on any atom is -0.339 e. The topological polar surface area (TPSA) is 61.9 Å². The molecule has 26 heavy (non-hydrogen) atoms. The van der Waals surface area contributed by atoms with Crippen molar-refractivity contribution in [3.63, 3.8) is 0 Å². The quantitative estimate of drug-likeness (QED) is 0.864. The maximum absolute atomic E-state index is 12.4. The number of hydrazine groups is 1. The van der Waals surface area contributed by atoms with Crippen LogP contribution in [0.2, 0.25) is 0 Å². The Hall–Kier alpha value is -2.66. The van der Waals surface area contributed by atoms with Crippen LogP contribution in [0, 0.1) is 0 Å². The first kappa shape index (κ1) is 16.8. The van der Waals surface area contributed by atoms with Crippen LogP contribution in [0.15, 0.2) is 53.5 Å². The Morgan fingerprint density at radius 3 is 2.12 bits per heavy atom. The third-order valence-corrected chi connectivity index (χ3v) is 5.09. The molecule has 2 heterocycles. The first-order chi connectivity index (χ1) is 12.7. The SMILES string of the molecule is NN1CCN=C1c1ccc(Cc2ccc(C(=O)N3CCCC3)cc2)cc1. The number of likely N-dealkylation sites (tertiary alicyclic amines) is 1. The van der Waals surface area contributed by atoms with E-state index in [0.717, 1.165) is 62.4 Å². The van der Waals surface area contributed by atoms with Gasteiger partial charge in [0.15, 0.2) is 0 Å². The van der Waals surface area contributed by atoms with Gasteiger partial charge >= 0.3 is 0 Å². The van der Waals surface area contributed by atoms with E-state index in [1.54, 1.807) is 5.01 Å². The Morgan fingerprint density at radius 2 is 1.54 bits per heavy atom. The first-order valence-electron chi connectivity index (χ1n) is 9.25. The van der Waals surface area contributed by atoms with Gasteiger partial charge in [0.05, 0.1) is 13.1 Å². The van der Waals surface area contributed by atoms with E-state index >= 15 is 0 Å². The van der Waals surface area contributed by atoms with E-state index in [4.69, 9.17) is 5.84 Å². The van der Waals surface area contributed by atoms with Crippen LogP contribution in [0.25, 0.3) is 0 Å². The molecule has 5 nitrogen and oxygen atoms in total. The molecule has 0 radical (unpaired) electrons. The number of nitrogens with zero attached hydrogens (tertiary/aromatic N) is 3. The Kier molecular flexibility index (Phi) is 4.71. The summed E-state index contributed by atoms with van der Waals surface area (Å²) < 4.78 is 0. The lowest BCUT2D eigenvalue weighted by Crippen LogP contribution is -2.34. The highest BCUT2D eigenvalue weighted by Crippen LogP contribution is 2.16. The molecule has 0 atom stereocenters. The van der Waals surface area contributed by atoms with Crippen molar-refractivity contribution < 1.29 is 4.79 Å². The normalized spacial score (nSPS) is 16.9. The van der Waals surface area contributed by atoms with Crippen molar-refractivity contribution in [1.82, 2.24) is 9.91 Å². The molecule has 1 saturated heterocycles. The van der Waals surface area contributed by atoms with Gasteiger partial charge in [0.2, 0.25) is 0 Å². The predicted octanol–water partition coefficient (Wildman–Crippen LogP) is 2.45. The molecule has 0 saturated carbocycles. The molecule has 0 unspecified atom stereocenters. The van der Waals surface area contributed by atoms with Gasteiger partial charge in [0.1, 0.15) is 5.84 Å². The molecule has 0 aromatic heterocycles. The fourth-order valence-corrected chi connectivity index (χ4v) is 3.59.